The molecule has 0 amide bonds. The van der Waals surface area contributed by atoms with E-state index in [1.165, 1.54) is 6.42 Å². The normalized spacial score (nSPS) is 20.3. The Morgan fingerprint density at radius 2 is 2.06 bits per heavy atom. The maximum atomic E-state index is 12.2. The summed E-state index contributed by atoms with van der Waals surface area (Å²) in [5, 5.41) is 0. The van der Waals surface area contributed by atoms with E-state index in [0.29, 0.717) is 5.92 Å². The van der Waals surface area contributed by atoms with Gasteiger partial charge in [-0.2, -0.15) is 0 Å². The number of carbonyl (C=O) groups excluding carboxylic acids is 1. The molecule has 2 rings (SSSR count). The summed E-state index contributed by atoms with van der Waals surface area (Å²) in [5.74, 6) is 0.829. The fourth-order valence-corrected chi connectivity index (χ4v) is 2.29. The van der Waals surface area contributed by atoms with Crippen molar-refractivity contribution in [3.8, 4) is 0 Å². The standard InChI is InChI=1S/C15H18O/c1-2-12-7-6-10-14(11-12)15(16)13-8-4-3-5-9-13/h3-5,8-9,11-12H,2,6-7,10H2,1H3. The van der Waals surface area contributed by atoms with Crippen molar-refractivity contribution in [2.75, 3.05) is 0 Å². The van der Waals surface area contributed by atoms with Crippen LogP contribution in [0.2, 0.25) is 0 Å². The lowest BCUT2D eigenvalue weighted by Gasteiger charge is -2.19. The molecular weight excluding hydrogens is 196 g/mol. The van der Waals surface area contributed by atoms with Crippen molar-refractivity contribution in [1.82, 2.24) is 0 Å². The third-order valence-electron chi connectivity index (χ3n) is 3.31. The van der Waals surface area contributed by atoms with Crippen LogP contribution in [0.4, 0.5) is 0 Å². The van der Waals surface area contributed by atoms with E-state index in [-0.39, 0.29) is 5.78 Å². The van der Waals surface area contributed by atoms with Gasteiger partial charge in [0, 0.05) is 5.56 Å². The molecule has 0 radical (unpaired) electrons. The summed E-state index contributed by atoms with van der Waals surface area (Å²) in [7, 11) is 0. The van der Waals surface area contributed by atoms with E-state index in [9.17, 15) is 4.79 Å². The molecular formula is C15H18O. The highest BCUT2D eigenvalue weighted by atomic mass is 16.1. The molecule has 0 aromatic heterocycles. The molecule has 0 spiro atoms. The van der Waals surface area contributed by atoms with Crippen molar-refractivity contribution < 1.29 is 4.79 Å². The van der Waals surface area contributed by atoms with Gasteiger partial charge >= 0.3 is 0 Å². The minimum atomic E-state index is 0.221. The van der Waals surface area contributed by atoms with Gasteiger partial charge in [0.2, 0.25) is 0 Å². The lowest BCUT2D eigenvalue weighted by atomic mass is 9.86. The Balaban J connectivity index is 2.19. The second-order valence-electron chi connectivity index (χ2n) is 4.45. The van der Waals surface area contributed by atoms with Gasteiger partial charge in [-0.15, -0.1) is 0 Å². The predicted octanol–water partition coefficient (Wildman–Crippen LogP) is 4.01. The van der Waals surface area contributed by atoms with Crippen molar-refractivity contribution in [2.45, 2.75) is 32.6 Å². The van der Waals surface area contributed by atoms with Crippen molar-refractivity contribution >= 4 is 5.78 Å². The van der Waals surface area contributed by atoms with E-state index in [0.717, 1.165) is 30.4 Å². The van der Waals surface area contributed by atoms with Gasteiger partial charge in [0.05, 0.1) is 0 Å². The van der Waals surface area contributed by atoms with Gasteiger partial charge in [0.15, 0.2) is 5.78 Å². The first-order valence-corrected chi connectivity index (χ1v) is 6.11. The Labute approximate surface area is 97.2 Å². The Kier molecular flexibility index (Phi) is 3.55. The minimum absolute atomic E-state index is 0.221. The van der Waals surface area contributed by atoms with E-state index in [2.05, 4.69) is 13.0 Å². The predicted molar refractivity (Wildman–Crippen MR) is 66.5 cm³/mol. The molecule has 0 saturated heterocycles. The second-order valence-corrected chi connectivity index (χ2v) is 4.45. The molecule has 1 atom stereocenters. The molecule has 1 nitrogen and oxygen atoms in total. The summed E-state index contributed by atoms with van der Waals surface area (Å²) < 4.78 is 0. The molecule has 0 fully saturated rings. The highest BCUT2D eigenvalue weighted by molar-refractivity contribution is 6.08. The summed E-state index contributed by atoms with van der Waals surface area (Å²) in [4.78, 5) is 12.2. The summed E-state index contributed by atoms with van der Waals surface area (Å²) in [5.41, 5.74) is 1.84. The van der Waals surface area contributed by atoms with Crippen LogP contribution in [0.5, 0.6) is 0 Å². The molecule has 0 aliphatic heterocycles. The van der Waals surface area contributed by atoms with Crippen LogP contribution in [-0.2, 0) is 0 Å². The summed E-state index contributed by atoms with van der Waals surface area (Å²) in [6.45, 7) is 2.19. The largest absolute Gasteiger partial charge is 0.289 e. The zero-order chi connectivity index (χ0) is 11.4. The van der Waals surface area contributed by atoms with Crippen LogP contribution >= 0.6 is 0 Å². The molecule has 0 bridgehead atoms. The molecule has 1 unspecified atom stereocenters. The van der Waals surface area contributed by atoms with Crippen molar-refractivity contribution in [2.24, 2.45) is 5.92 Å². The maximum Gasteiger partial charge on any atom is 0.188 e. The number of benzene rings is 1. The van der Waals surface area contributed by atoms with E-state index in [1.807, 2.05) is 30.3 Å². The van der Waals surface area contributed by atoms with Crippen LogP contribution in [0.25, 0.3) is 0 Å². The smallest absolute Gasteiger partial charge is 0.188 e. The first-order chi connectivity index (χ1) is 7.81. The Bertz CT molecular complexity index is 389. The quantitative estimate of drug-likeness (QED) is 0.695. The molecule has 0 saturated carbocycles. The molecule has 1 aromatic rings. The molecule has 1 aliphatic carbocycles. The molecule has 16 heavy (non-hydrogen) atoms. The number of Topliss-reactive ketones (excluding diaryl/α,β-unsaturated/α-hetero) is 1. The van der Waals surface area contributed by atoms with Crippen molar-refractivity contribution in [3.63, 3.8) is 0 Å². The third-order valence-corrected chi connectivity index (χ3v) is 3.31. The maximum absolute atomic E-state index is 12.2. The molecule has 0 heterocycles. The Morgan fingerprint density at radius 1 is 1.31 bits per heavy atom. The highest BCUT2D eigenvalue weighted by Crippen LogP contribution is 2.27. The van der Waals surface area contributed by atoms with Gasteiger partial charge in [0.1, 0.15) is 0 Å². The van der Waals surface area contributed by atoms with Crippen LogP contribution in [0.3, 0.4) is 0 Å². The number of ketones is 1. The van der Waals surface area contributed by atoms with Crippen LogP contribution in [0, 0.1) is 5.92 Å². The number of rotatable bonds is 3. The van der Waals surface area contributed by atoms with Crippen molar-refractivity contribution in [3.05, 3.63) is 47.5 Å². The minimum Gasteiger partial charge on any atom is -0.289 e. The zero-order valence-electron chi connectivity index (χ0n) is 9.78. The lowest BCUT2D eigenvalue weighted by molar-refractivity contribution is 0.102. The van der Waals surface area contributed by atoms with Crippen LogP contribution in [0.1, 0.15) is 43.0 Å². The SMILES string of the molecule is CCC1C=C(C(=O)c2ccccc2)CCC1. The monoisotopic (exact) mass is 214 g/mol. The van der Waals surface area contributed by atoms with E-state index in [1.54, 1.807) is 0 Å². The van der Waals surface area contributed by atoms with Gasteiger partial charge in [0.25, 0.3) is 0 Å². The lowest BCUT2D eigenvalue weighted by Crippen LogP contribution is -2.11. The molecule has 0 N–H and O–H groups in total. The van der Waals surface area contributed by atoms with Crippen LogP contribution in [0.15, 0.2) is 42.0 Å². The molecule has 1 aliphatic rings. The number of carbonyl (C=O) groups is 1. The molecule has 84 valence electrons. The number of allylic oxidation sites excluding steroid dienone is 2. The van der Waals surface area contributed by atoms with Crippen molar-refractivity contribution in [1.29, 1.82) is 0 Å². The molecule has 1 heteroatoms. The van der Waals surface area contributed by atoms with Gasteiger partial charge in [-0.3, -0.25) is 4.79 Å². The van der Waals surface area contributed by atoms with Crippen LogP contribution < -0.4 is 0 Å². The van der Waals surface area contributed by atoms with Gasteiger partial charge in [-0.25, -0.2) is 0 Å². The topological polar surface area (TPSA) is 17.1 Å². The second kappa shape index (κ2) is 5.11. The Morgan fingerprint density at radius 3 is 2.75 bits per heavy atom. The molecule has 1 aromatic carbocycles. The first kappa shape index (κ1) is 11.1. The summed E-state index contributed by atoms with van der Waals surface area (Å²) in [6.07, 6.45) is 6.68. The summed E-state index contributed by atoms with van der Waals surface area (Å²) >= 11 is 0. The third kappa shape index (κ3) is 2.41. The highest BCUT2D eigenvalue weighted by Gasteiger charge is 2.18. The van der Waals surface area contributed by atoms with E-state index in [4.69, 9.17) is 0 Å². The van der Waals surface area contributed by atoms with Gasteiger partial charge in [-0.1, -0.05) is 43.3 Å². The summed E-state index contributed by atoms with van der Waals surface area (Å²) in [6, 6.07) is 9.60. The van der Waals surface area contributed by atoms with E-state index < -0.39 is 0 Å². The average molecular weight is 214 g/mol. The number of hydrogen-bond acceptors (Lipinski definition) is 1. The van der Waals surface area contributed by atoms with Gasteiger partial charge < -0.3 is 0 Å². The van der Waals surface area contributed by atoms with Gasteiger partial charge in [-0.05, 0) is 37.2 Å². The Hall–Kier alpha value is -1.37. The first-order valence-electron chi connectivity index (χ1n) is 6.11. The number of hydrogen-bond donors (Lipinski definition) is 0. The fourth-order valence-electron chi connectivity index (χ4n) is 2.29. The van der Waals surface area contributed by atoms with Crippen LogP contribution in [-0.4, -0.2) is 5.78 Å². The fraction of sp³-hybridized carbons (Fsp3) is 0.400. The van der Waals surface area contributed by atoms with E-state index >= 15 is 0 Å². The average Bonchev–Trinajstić information content (AvgIpc) is 2.39. The zero-order valence-corrected chi connectivity index (χ0v) is 9.78.